The van der Waals surface area contributed by atoms with Crippen LogP contribution in [0.25, 0.3) is 0 Å². The Kier molecular flexibility index (Phi) is 6.39. The first kappa shape index (κ1) is 21.5. The number of aryl methyl sites for hydroxylation is 1. The SMILES string of the molecule is COc1ccc(N2CCN(S(=O)(=O)c3cc(C(C)C)c(OC)cc3C)CC2)cc1. The van der Waals surface area contributed by atoms with Crippen molar-refractivity contribution in [3.8, 4) is 11.5 Å². The van der Waals surface area contributed by atoms with Crippen molar-refractivity contribution in [1.29, 1.82) is 0 Å². The second-order valence-electron chi connectivity index (χ2n) is 7.60. The molecular formula is C22H30N2O4S. The molecule has 0 saturated carbocycles. The minimum absolute atomic E-state index is 0.173. The van der Waals surface area contributed by atoms with Crippen molar-refractivity contribution in [2.75, 3.05) is 45.3 Å². The van der Waals surface area contributed by atoms with E-state index in [2.05, 4.69) is 4.90 Å². The maximum atomic E-state index is 13.4. The van der Waals surface area contributed by atoms with Gasteiger partial charge in [0.25, 0.3) is 0 Å². The Morgan fingerprint density at radius 2 is 1.55 bits per heavy atom. The van der Waals surface area contributed by atoms with Crippen LogP contribution in [0.5, 0.6) is 11.5 Å². The van der Waals surface area contributed by atoms with Gasteiger partial charge in [0, 0.05) is 31.9 Å². The van der Waals surface area contributed by atoms with Gasteiger partial charge in [-0.15, -0.1) is 0 Å². The van der Waals surface area contributed by atoms with E-state index in [1.54, 1.807) is 24.6 Å². The molecule has 0 aromatic heterocycles. The number of hydrogen-bond donors (Lipinski definition) is 0. The van der Waals surface area contributed by atoms with Crippen LogP contribution in [0.3, 0.4) is 0 Å². The third kappa shape index (κ3) is 4.36. The third-order valence-electron chi connectivity index (χ3n) is 5.44. The fourth-order valence-corrected chi connectivity index (χ4v) is 5.37. The minimum atomic E-state index is -3.56. The summed E-state index contributed by atoms with van der Waals surface area (Å²) in [6.45, 7) is 8.12. The van der Waals surface area contributed by atoms with Crippen LogP contribution in [0.1, 0.15) is 30.9 Å². The number of piperazine rings is 1. The van der Waals surface area contributed by atoms with E-state index < -0.39 is 10.0 Å². The van der Waals surface area contributed by atoms with Gasteiger partial charge in [-0.2, -0.15) is 4.31 Å². The van der Waals surface area contributed by atoms with Gasteiger partial charge in [-0.25, -0.2) is 8.42 Å². The molecule has 0 aliphatic carbocycles. The highest BCUT2D eigenvalue weighted by Gasteiger charge is 2.30. The molecule has 1 heterocycles. The van der Waals surface area contributed by atoms with Crippen LogP contribution in [0.4, 0.5) is 5.69 Å². The Morgan fingerprint density at radius 1 is 0.931 bits per heavy atom. The predicted octanol–water partition coefficient (Wildman–Crippen LogP) is 3.65. The molecule has 1 saturated heterocycles. The molecule has 0 atom stereocenters. The molecule has 0 amide bonds. The Morgan fingerprint density at radius 3 is 2.07 bits per heavy atom. The molecule has 3 rings (SSSR count). The normalized spacial score (nSPS) is 15.6. The summed E-state index contributed by atoms with van der Waals surface area (Å²) in [6, 6.07) is 11.5. The van der Waals surface area contributed by atoms with E-state index in [-0.39, 0.29) is 5.92 Å². The molecule has 1 fully saturated rings. The quantitative estimate of drug-likeness (QED) is 0.717. The van der Waals surface area contributed by atoms with Crippen molar-refractivity contribution < 1.29 is 17.9 Å². The van der Waals surface area contributed by atoms with Crippen molar-refractivity contribution >= 4 is 15.7 Å². The molecule has 29 heavy (non-hydrogen) atoms. The first-order valence-corrected chi connectivity index (χ1v) is 11.3. The van der Waals surface area contributed by atoms with E-state index in [9.17, 15) is 8.42 Å². The first-order chi connectivity index (χ1) is 13.8. The second kappa shape index (κ2) is 8.63. The van der Waals surface area contributed by atoms with E-state index in [4.69, 9.17) is 9.47 Å². The highest BCUT2D eigenvalue weighted by Crippen LogP contribution is 2.33. The third-order valence-corrected chi connectivity index (χ3v) is 7.48. The smallest absolute Gasteiger partial charge is 0.243 e. The van der Waals surface area contributed by atoms with Crippen LogP contribution in [-0.4, -0.2) is 53.1 Å². The van der Waals surface area contributed by atoms with Crippen molar-refractivity contribution in [1.82, 2.24) is 4.31 Å². The molecule has 1 aliphatic heterocycles. The molecule has 2 aromatic carbocycles. The lowest BCUT2D eigenvalue weighted by Crippen LogP contribution is -2.48. The minimum Gasteiger partial charge on any atom is -0.497 e. The van der Waals surface area contributed by atoms with E-state index in [0.717, 1.165) is 22.7 Å². The highest BCUT2D eigenvalue weighted by atomic mass is 32.2. The summed E-state index contributed by atoms with van der Waals surface area (Å²) >= 11 is 0. The molecule has 1 aliphatic rings. The van der Waals surface area contributed by atoms with E-state index in [0.29, 0.717) is 36.6 Å². The standard InChI is InChI=1S/C22H30N2O4S/c1-16(2)20-15-22(17(3)14-21(20)28-5)29(25,26)24-12-10-23(11-13-24)18-6-8-19(27-4)9-7-18/h6-9,14-16H,10-13H2,1-5H3. The molecule has 158 valence electrons. The van der Waals surface area contributed by atoms with Gasteiger partial charge >= 0.3 is 0 Å². The topological polar surface area (TPSA) is 59.1 Å². The zero-order valence-electron chi connectivity index (χ0n) is 17.8. The Hall–Kier alpha value is -2.25. The van der Waals surface area contributed by atoms with Gasteiger partial charge in [-0.3, -0.25) is 0 Å². The summed E-state index contributed by atoms with van der Waals surface area (Å²) in [4.78, 5) is 2.58. The van der Waals surface area contributed by atoms with Crippen molar-refractivity contribution in [2.24, 2.45) is 0 Å². The zero-order valence-corrected chi connectivity index (χ0v) is 18.6. The molecule has 0 bridgehead atoms. The Balaban J connectivity index is 1.80. The molecule has 2 aromatic rings. The number of benzene rings is 2. The van der Waals surface area contributed by atoms with Gasteiger partial charge in [0.2, 0.25) is 10.0 Å². The number of ether oxygens (including phenoxy) is 2. The lowest BCUT2D eigenvalue weighted by molar-refractivity contribution is 0.383. The lowest BCUT2D eigenvalue weighted by atomic mass is 10.0. The van der Waals surface area contributed by atoms with Gasteiger partial charge in [0.1, 0.15) is 11.5 Å². The number of anilines is 1. The maximum Gasteiger partial charge on any atom is 0.243 e. The van der Waals surface area contributed by atoms with E-state index in [1.807, 2.05) is 51.1 Å². The summed E-state index contributed by atoms with van der Waals surface area (Å²) in [5, 5.41) is 0. The number of rotatable bonds is 6. The summed E-state index contributed by atoms with van der Waals surface area (Å²) in [6.07, 6.45) is 0. The van der Waals surface area contributed by atoms with Crippen LogP contribution < -0.4 is 14.4 Å². The highest BCUT2D eigenvalue weighted by molar-refractivity contribution is 7.89. The molecule has 0 N–H and O–H groups in total. The van der Waals surface area contributed by atoms with Crippen molar-refractivity contribution in [3.63, 3.8) is 0 Å². The van der Waals surface area contributed by atoms with Gasteiger partial charge < -0.3 is 14.4 Å². The van der Waals surface area contributed by atoms with Gasteiger partial charge in [0.15, 0.2) is 0 Å². The summed E-state index contributed by atoms with van der Waals surface area (Å²) < 4.78 is 39.0. The molecule has 6 nitrogen and oxygen atoms in total. The summed E-state index contributed by atoms with van der Waals surface area (Å²) in [7, 11) is -0.297. The molecule has 0 unspecified atom stereocenters. The summed E-state index contributed by atoms with van der Waals surface area (Å²) in [5.74, 6) is 1.72. The lowest BCUT2D eigenvalue weighted by Gasteiger charge is -2.35. The van der Waals surface area contributed by atoms with Gasteiger partial charge in [-0.1, -0.05) is 13.8 Å². The van der Waals surface area contributed by atoms with Gasteiger partial charge in [0.05, 0.1) is 19.1 Å². The second-order valence-corrected chi connectivity index (χ2v) is 9.51. The van der Waals surface area contributed by atoms with Crippen molar-refractivity contribution in [3.05, 3.63) is 47.5 Å². The van der Waals surface area contributed by atoms with Crippen LogP contribution >= 0.6 is 0 Å². The van der Waals surface area contributed by atoms with Gasteiger partial charge in [-0.05, 0) is 60.4 Å². The van der Waals surface area contributed by atoms with E-state index >= 15 is 0 Å². The fraction of sp³-hybridized carbons (Fsp3) is 0.455. The monoisotopic (exact) mass is 418 g/mol. The number of methoxy groups -OCH3 is 2. The zero-order chi connectivity index (χ0) is 21.2. The Labute approximate surface area is 174 Å². The molecule has 0 radical (unpaired) electrons. The maximum absolute atomic E-state index is 13.4. The van der Waals surface area contributed by atoms with E-state index in [1.165, 1.54) is 0 Å². The fourth-order valence-electron chi connectivity index (χ4n) is 3.70. The first-order valence-electron chi connectivity index (χ1n) is 9.85. The van der Waals surface area contributed by atoms with Crippen LogP contribution in [-0.2, 0) is 10.0 Å². The van der Waals surface area contributed by atoms with Crippen LogP contribution in [0.15, 0.2) is 41.3 Å². The Bertz CT molecular complexity index is 948. The predicted molar refractivity (Wildman–Crippen MR) is 116 cm³/mol. The molecular weight excluding hydrogens is 388 g/mol. The van der Waals surface area contributed by atoms with Crippen LogP contribution in [0.2, 0.25) is 0 Å². The largest absolute Gasteiger partial charge is 0.497 e. The van der Waals surface area contributed by atoms with Crippen molar-refractivity contribution in [2.45, 2.75) is 31.6 Å². The average molecular weight is 419 g/mol. The summed E-state index contributed by atoms with van der Waals surface area (Å²) in [5.41, 5.74) is 2.70. The number of hydrogen-bond acceptors (Lipinski definition) is 5. The average Bonchev–Trinajstić information content (AvgIpc) is 2.73. The molecule has 7 heteroatoms. The molecule has 0 spiro atoms. The number of nitrogens with zero attached hydrogens (tertiary/aromatic N) is 2. The number of sulfonamides is 1. The van der Waals surface area contributed by atoms with Crippen LogP contribution in [0, 0.1) is 6.92 Å².